The first-order valence-corrected chi connectivity index (χ1v) is 13.0. The van der Waals surface area contributed by atoms with Gasteiger partial charge in [-0.25, -0.2) is 0 Å². The first kappa shape index (κ1) is 23.0. The Morgan fingerprint density at radius 1 is 0.538 bits per heavy atom. The molecule has 3 nitrogen and oxygen atoms in total. The summed E-state index contributed by atoms with van der Waals surface area (Å²) in [4.78, 5) is 13.5. The van der Waals surface area contributed by atoms with Crippen LogP contribution in [0, 0.1) is 6.92 Å². The molecule has 0 N–H and O–H groups in total. The van der Waals surface area contributed by atoms with Crippen LogP contribution in [0.2, 0.25) is 0 Å². The molecule has 0 aliphatic carbocycles. The maximum absolute atomic E-state index is 13.5. The van der Waals surface area contributed by atoms with Crippen LogP contribution in [0.4, 0.5) is 0 Å². The SMILES string of the molecule is Cc1c(C(=O)c2ccc(-c3ccccc3)cc2)oc2cc3oc(-c4ccccc4)c(-c4ccccc4)c3cc12. The lowest BCUT2D eigenvalue weighted by atomic mass is 9.97. The van der Waals surface area contributed by atoms with Crippen molar-refractivity contribution in [2.24, 2.45) is 0 Å². The highest BCUT2D eigenvalue weighted by Crippen LogP contribution is 2.43. The Kier molecular flexibility index (Phi) is 5.49. The molecule has 7 aromatic rings. The summed E-state index contributed by atoms with van der Waals surface area (Å²) in [7, 11) is 0. The van der Waals surface area contributed by atoms with Crippen molar-refractivity contribution in [2.45, 2.75) is 6.92 Å². The van der Waals surface area contributed by atoms with Crippen molar-refractivity contribution in [3.63, 3.8) is 0 Å². The summed E-state index contributed by atoms with van der Waals surface area (Å²) >= 11 is 0. The predicted octanol–water partition coefficient (Wildman–Crippen LogP) is 9.72. The van der Waals surface area contributed by atoms with Crippen molar-refractivity contribution in [1.29, 1.82) is 0 Å². The highest BCUT2D eigenvalue weighted by Gasteiger charge is 2.23. The number of carbonyl (C=O) groups excluding carboxylic acids is 1. The zero-order valence-corrected chi connectivity index (χ0v) is 21.3. The Morgan fingerprint density at radius 3 is 1.72 bits per heavy atom. The van der Waals surface area contributed by atoms with Crippen LogP contribution in [0.1, 0.15) is 21.7 Å². The Balaban J connectivity index is 1.34. The maximum Gasteiger partial charge on any atom is 0.228 e. The highest BCUT2D eigenvalue weighted by atomic mass is 16.4. The number of benzene rings is 5. The topological polar surface area (TPSA) is 43.4 Å². The molecule has 2 aromatic heterocycles. The quantitative estimate of drug-likeness (QED) is 0.219. The van der Waals surface area contributed by atoms with Gasteiger partial charge in [0.25, 0.3) is 0 Å². The predicted molar refractivity (Wildman–Crippen MR) is 157 cm³/mol. The minimum Gasteiger partial charge on any atom is -0.455 e. The summed E-state index contributed by atoms with van der Waals surface area (Å²) in [6.07, 6.45) is 0. The summed E-state index contributed by atoms with van der Waals surface area (Å²) in [5.41, 5.74) is 8.07. The Hall–Kier alpha value is -5.15. The molecule has 0 bridgehead atoms. The fourth-order valence-corrected chi connectivity index (χ4v) is 5.29. The lowest BCUT2D eigenvalue weighted by Crippen LogP contribution is -2.01. The molecule has 0 spiro atoms. The average Bonchev–Trinajstić information content (AvgIpc) is 3.54. The molecule has 7 rings (SSSR count). The molecular weight excluding hydrogens is 480 g/mol. The van der Waals surface area contributed by atoms with E-state index in [1.54, 1.807) is 0 Å². The second-order valence-corrected chi connectivity index (χ2v) is 9.71. The number of aryl methyl sites for hydroxylation is 1. The third kappa shape index (κ3) is 3.96. The van der Waals surface area contributed by atoms with E-state index in [0.29, 0.717) is 16.9 Å². The van der Waals surface area contributed by atoms with Gasteiger partial charge in [-0.3, -0.25) is 4.79 Å². The van der Waals surface area contributed by atoms with E-state index in [4.69, 9.17) is 8.83 Å². The van der Waals surface area contributed by atoms with E-state index >= 15 is 0 Å². The second-order valence-electron chi connectivity index (χ2n) is 9.71. The number of fused-ring (bicyclic) bond motifs is 2. The Labute approximate surface area is 226 Å². The van der Waals surface area contributed by atoms with Gasteiger partial charge in [-0.2, -0.15) is 0 Å². The van der Waals surface area contributed by atoms with Crippen molar-refractivity contribution in [3.05, 3.63) is 144 Å². The van der Waals surface area contributed by atoms with Gasteiger partial charge in [-0.1, -0.05) is 115 Å². The van der Waals surface area contributed by atoms with Crippen LogP contribution in [-0.4, -0.2) is 5.78 Å². The van der Waals surface area contributed by atoms with Crippen molar-refractivity contribution in [1.82, 2.24) is 0 Å². The van der Waals surface area contributed by atoms with Gasteiger partial charge in [-0.05, 0) is 29.7 Å². The summed E-state index contributed by atoms with van der Waals surface area (Å²) in [6.45, 7) is 1.95. The molecule has 5 aromatic carbocycles. The maximum atomic E-state index is 13.5. The summed E-state index contributed by atoms with van der Waals surface area (Å²) in [5, 5.41) is 1.90. The van der Waals surface area contributed by atoms with Crippen molar-refractivity contribution in [3.8, 4) is 33.6 Å². The van der Waals surface area contributed by atoms with Gasteiger partial charge in [-0.15, -0.1) is 0 Å². The smallest absolute Gasteiger partial charge is 0.228 e. The first-order chi connectivity index (χ1) is 19.2. The highest BCUT2D eigenvalue weighted by molar-refractivity contribution is 6.13. The monoisotopic (exact) mass is 504 g/mol. The minimum absolute atomic E-state index is 0.131. The third-order valence-corrected chi connectivity index (χ3v) is 7.31. The molecule has 2 heterocycles. The molecule has 0 saturated carbocycles. The van der Waals surface area contributed by atoms with Crippen molar-refractivity contribution >= 4 is 27.7 Å². The van der Waals surface area contributed by atoms with E-state index in [-0.39, 0.29) is 5.78 Å². The van der Waals surface area contributed by atoms with Gasteiger partial charge in [0.2, 0.25) is 5.78 Å². The zero-order chi connectivity index (χ0) is 26.3. The van der Waals surface area contributed by atoms with Crippen LogP contribution in [0.5, 0.6) is 0 Å². The number of hydrogen-bond donors (Lipinski definition) is 0. The van der Waals surface area contributed by atoms with E-state index in [1.807, 2.05) is 91.9 Å². The fraction of sp³-hybridized carbons (Fsp3) is 0.0278. The molecule has 0 fully saturated rings. The molecule has 0 aliphatic rings. The molecule has 0 saturated heterocycles. The summed E-state index contributed by atoms with van der Waals surface area (Å²) < 4.78 is 12.6. The van der Waals surface area contributed by atoms with E-state index < -0.39 is 0 Å². The summed E-state index contributed by atoms with van der Waals surface area (Å²) in [6, 6.07) is 42.2. The van der Waals surface area contributed by atoms with Crippen molar-refractivity contribution < 1.29 is 13.6 Å². The van der Waals surface area contributed by atoms with Crippen LogP contribution in [-0.2, 0) is 0 Å². The van der Waals surface area contributed by atoms with Gasteiger partial charge in [0.1, 0.15) is 16.9 Å². The molecule has 0 atom stereocenters. The fourth-order valence-electron chi connectivity index (χ4n) is 5.29. The molecule has 0 unspecified atom stereocenters. The summed E-state index contributed by atoms with van der Waals surface area (Å²) in [5.74, 6) is 1.04. The first-order valence-electron chi connectivity index (χ1n) is 13.0. The molecule has 0 aliphatic heterocycles. The number of ketones is 1. The van der Waals surface area contributed by atoms with E-state index in [9.17, 15) is 4.79 Å². The van der Waals surface area contributed by atoms with Gasteiger partial charge in [0.15, 0.2) is 5.76 Å². The third-order valence-electron chi connectivity index (χ3n) is 7.31. The minimum atomic E-state index is -0.131. The van der Waals surface area contributed by atoms with Crippen molar-refractivity contribution in [2.75, 3.05) is 0 Å². The van der Waals surface area contributed by atoms with Crippen LogP contribution in [0.25, 0.3) is 55.5 Å². The van der Waals surface area contributed by atoms with Gasteiger partial charge >= 0.3 is 0 Å². The van der Waals surface area contributed by atoms with Crippen LogP contribution in [0.3, 0.4) is 0 Å². The largest absolute Gasteiger partial charge is 0.455 e. The number of carbonyl (C=O) groups is 1. The Bertz CT molecular complexity index is 1940. The van der Waals surface area contributed by atoms with Crippen LogP contribution >= 0.6 is 0 Å². The van der Waals surface area contributed by atoms with E-state index in [2.05, 4.69) is 42.5 Å². The number of rotatable bonds is 5. The molecule has 0 radical (unpaired) electrons. The van der Waals surface area contributed by atoms with Gasteiger partial charge in [0, 0.05) is 39.1 Å². The number of furan rings is 2. The van der Waals surface area contributed by atoms with Crippen LogP contribution in [0.15, 0.2) is 136 Å². The standard InChI is InChI=1S/C36H24O3/c1-23-29-21-30-32(39-36(28-15-9-4-10-16-28)33(30)26-13-7-3-8-14-26)22-31(29)38-35(23)34(37)27-19-17-25(18-20-27)24-11-5-2-6-12-24/h2-22H,1H3. The Morgan fingerprint density at radius 2 is 1.08 bits per heavy atom. The molecule has 3 heteroatoms. The lowest BCUT2D eigenvalue weighted by Gasteiger charge is -2.04. The average molecular weight is 505 g/mol. The second kappa shape index (κ2) is 9.30. The number of hydrogen-bond acceptors (Lipinski definition) is 3. The van der Waals surface area contributed by atoms with Crippen LogP contribution < -0.4 is 0 Å². The molecule has 0 amide bonds. The van der Waals surface area contributed by atoms with Gasteiger partial charge in [0.05, 0.1) is 0 Å². The zero-order valence-electron chi connectivity index (χ0n) is 21.3. The normalized spacial score (nSPS) is 11.3. The lowest BCUT2D eigenvalue weighted by molar-refractivity contribution is 0.101. The van der Waals surface area contributed by atoms with E-state index in [1.165, 1.54) is 0 Å². The molecule has 39 heavy (non-hydrogen) atoms. The molecule has 186 valence electrons. The molecular formula is C36H24O3. The van der Waals surface area contributed by atoms with Gasteiger partial charge < -0.3 is 8.83 Å². The van der Waals surface area contributed by atoms with E-state index in [0.717, 1.165) is 55.5 Å².